The van der Waals surface area contributed by atoms with E-state index in [0.717, 1.165) is 33.4 Å². The maximum Gasteiger partial charge on any atom is 0.237 e. The van der Waals surface area contributed by atoms with Crippen LogP contribution in [0.4, 0.5) is 0 Å². The van der Waals surface area contributed by atoms with E-state index < -0.39 is 12.1 Å². The fraction of sp³-hybridized carbons (Fsp3) is 0.417. The molecule has 2 aromatic carbocycles. The number of aromatic hydroxyl groups is 2. The van der Waals surface area contributed by atoms with Gasteiger partial charge in [-0.3, -0.25) is 9.59 Å². The number of amides is 2. The van der Waals surface area contributed by atoms with Crippen LogP contribution >= 0.6 is 0 Å². The van der Waals surface area contributed by atoms with Crippen LogP contribution in [0, 0.1) is 27.7 Å². The lowest BCUT2D eigenvalue weighted by Crippen LogP contribution is -2.47. The van der Waals surface area contributed by atoms with Crippen molar-refractivity contribution in [1.29, 1.82) is 0 Å². The molecule has 2 aromatic rings. The van der Waals surface area contributed by atoms with Crippen molar-refractivity contribution in [2.45, 2.75) is 52.6 Å². The van der Waals surface area contributed by atoms with E-state index in [9.17, 15) is 19.8 Å². The van der Waals surface area contributed by atoms with Gasteiger partial charge >= 0.3 is 0 Å². The lowest BCUT2D eigenvalue weighted by atomic mass is 9.96. The maximum atomic E-state index is 12.3. The normalized spacial score (nSPS) is 12.8. The third-order valence-corrected chi connectivity index (χ3v) is 5.61. The lowest BCUT2D eigenvalue weighted by molar-refractivity contribution is -0.124. The van der Waals surface area contributed by atoms with Crippen LogP contribution in [-0.2, 0) is 22.4 Å². The smallest absolute Gasteiger partial charge is 0.237 e. The quantitative estimate of drug-likeness (QED) is 0.319. The molecule has 0 saturated heterocycles. The molecule has 8 nitrogen and oxygen atoms in total. The Morgan fingerprint density at radius 3 is 1.28 bits per heavy atom. The average Bonchev–Trinajstić information content (AvgIpc) is 2.69. The molecule has 174 valence electrons. The zero-order chi connectivity index (χ0) is 24.0. The summed E-state index contributed by atoms with van der Waals surface area (Å²) in [6.45, 7) is 7.93. The summed E-state index contributed by atoms with van der Waals surface area (Å²) in [6.07, 6.45) is 0.707. The minimum Gasteiger partial charge on any atom is -0.508 e. The Balaban J connectivity index is 1.79. The van der Waals surface area contributed by atoms with E-state index in [4.69, 9.17) is 11.5 Å². The maximum absolute atomic E-state index is 12.3. The molecule has 2 rings (SSSR count). The van der Waals surface area contributed by atoms with Crippen LogP contribution in [0.2, 0.25) is 0 Å². The molecule has 2 amide bonds. The molecule has 0 fully saturated rings. The fourth-order valence-corrected chi connectivity index (χ4v) is 3.84. The molecule has 0 heterocycles. The van der Waals surface area contributed by atoms with E-state index in [2.05, 4.69) is 10.6 Å². The third kappa shape index (κ3) is 6.70. The number of rotatable bonds is 9. The van der Waals surface area contributed by atoms with Gasteiger partial charge in [0.25, 0.3) is 0 Å². The Kier molecular flexibility index (Phi) is 8.63. The van der Waals surface area contributed by atoms with E-state index in [-0.39, 0.29) is 36.4 Å². The number of benzene rings is 2. The number of carbonyl (C=O) groups excluding carboxylic acids is 2. The molecule has 8 N–H and O–H groups in total. The highest BCUT2D eigenvalue weighted by molar-refractivity contribution is 5.83. The first kappa shape index (κ1) is 25.2. The Hall–Kier alpha value is -3.10. The van der Waals surface area contributed by atoms with E-state index in [1.165, 1.54) is 0 Å². The topological polar surface area (TPSA) is 151 Å². The molecule has 32 heavy (non-hydrogen) atoms. The Morgan fingerprint density at radius 2 is 1.00 bits per heavy atom. The Morgan fingerprint density at radius 1 is 0.719 bits per heavy atom. The summed E-state index contributed by atoms with van der Waals surface area (Å²) in [5, 5.41) is 24.7. The van der Waals surface area contributed by atoms with Gasteiger partial charge < -0.3 is 32.3 Å². The van der Waals surface area contributed by atoms with Gasteiger partial charge in [-0.05, 0) is 98.2 Å². The van der Waals surface area contributed by atoms with Crippen molar-refractivity contribution in [1.82, 2.24) is 10.6 Å². The molecule has 0 bridgehead atoms. The van der Waals surface area contributed by atoms with Gasteiger partial charge in [0.2, 0.25) is 11.8 Å². The van der Waals surface area contributed by atoms with Gasteiger partial charge in [-0.2, -0.15) is 0 Å². The predicted molar refractivity (Wildman–Crippen MR) is 125 cm³/mol. The largest absolute Gasteiger partial charge is 0.508 e. The molecule has 0 radical (unpaired) electrons. The minimum atomic E-state index is -0.740. The average molecular weight is 443 g/mol. The summed E-state index contributed by atoms with van der Waals surface area (Å²) in [5.41, 5.74) is 17.5. The van der Waals surface area contributed by atoms with Crippen LogP contribution in [-0.4, -0.2) is 47.2 Å². The Labute approximate surface area is 189 Å². The highest BCUT2D eigenvalue weighted by Gasteiger charge is 2.18. The Bertz CT molecular complexity index is 864. The van der Waals surface area contributed by atoms with Gasteiger partial charge in [0.1, 0.15) is 11.5 Å². The fourth-order valence-electron chi connectivity index (χ4n) is 3.84. The van der Waals surface area contributed by atoms with Crippen molar-refractivity contribution in [2.24, 2.45) is 11.5 Å². The second-order valence-electron chi connectivity index (χ2n) is 8.32. The highest BCUT2D eigenvalue weighted by atomic mass is 16.3. The van der Waals surface area contributed by atoms with Crippen molar-refractivity contribution in [2.75, 3.05) is 13.1 Å². The standard InChI is InChI=1S/C24H34N4O4/c1-13-7-17(29)8-14(2)19(13)11-21(25)23(31)27-5-6-28-24(32)22(26)12-20-15(3)9-18(30)10-16(20)4/h7-10,21-22,29-30H,5-6,11-12,25-26H2,1-4H3,(H,27,31)(H,28,32)/t21-,22-/m0/s1. The van der Waals surface area contributed by atoms with Crippen molar-refractivity contribution < 1.29 is 19.8 Å². The second kappa shape index (κ2) is 11.0. The number of aryl methyl sites for hydroxylation is 4. The summed E-state index contributed by atoms with van der Waals surface area (Å²) in [4.78, 5) is 24.6. The number of phenolic OH excluding ortho intramolecular Hbond substituents is 2. The van der Waals surface area contributed by atoms with Crippen molar-refractivity contribution in [3.05, 3.63) is 57.6 Å². The molecule has 0 unspecified atom stereocenters. The van der Waals surface area contributed by atoms with Crippen molar-refractivity contribution in [3.63, 3.8) is 0 Å². The van der Waals surface area contributed by atoms with Gasteiger partial charge in [0.15, 0.2) is 0 Å². The highest BCUT2D eigenvalue weighted by Crippen LogP contribution is 2.22. The van der Waals surface area contributed by atoms with Gasteiger partial charge in [0, 0.05) is 13.1 Å². The molecule has 0 spiro atoms. The SMILES string of the molecule is Cc1cc(O)cc(C)c1C[C@H](N)C(=O)NCCNC(=O)[C@@H](N)Cc1c(C)cc(O)cc1C. The van der Waals surface area contributed by atoms with E-state index in [0.29, 0.717) is 12.8 Å². The number of hydrogen-bond donors (Lipinski definition) is 6. The van der Waals surface area contributed by atoms with Crippen molar-refractivity contribution >= 4 is 11.8 Å². The summed E-state index contributed by atoms with van der Waals surface area (Å²) in [6, 6.07) is 5.10. The molecule has 8 heteroatoms. The molecule has 0 aromatic heterocycles. The number of nitrogens with one attached hydrogen (secondary N) is 2. The summed E-state index contributed by atoms with van der Waals surface area (Å²) in [7, 11) is 0. The number of hydrogen-bond acceptors (Lipinski definition) is 6. The predicted octanol–water partition coefficient (Wildman–Crippen LogP) is 1.00. The molecular formula is C24H34N4O4. The van der Waals surface area contributed by atoms with Crippen molar-refractivity contribution in [3.8, 4) is 11.5 Å². The van der Waals surface area contributed by atoms with Crippen LogP contribution in [0.5, 0.6) is 11.5 Å². The minimum absolute atomic E-state index is 0.187. The number of carbonyl (C=O) groups is 2. The second-order valence-corrected chi connectivity index (χ2v) is 8.32. The summed E-state index contributed by atoms with van der Waals surface area (Å²) < 4.78 is 0. The lowest BCUT2D eigenvalue weighted by Gasteiger charge is -2.17. The van der Waals surface area contributed by atoms with Crippen LogP contribution in [0.25, 0.3) is 0 Å². The first-order valence-corrected chi connectivity index (χ1v) is 10.6. The van der Waals surface area contributed by atoms with Gasteiger partial charge in [-0.25, -0.2) is 0 Å². The van der Waals surface area contributed by atoms with Crippen LogP contribution in [0.3, 0.4) is 0 Å². The zero-order valence-corrected chi connectivity index (χ0v) is 19.2. The molecule has 0 saturated carbocycles. The molecule has 2 atom stereocenters. The van der Waals surface area contributed by atoms with Gasteiger partial charge in [-0.15, -0.1) is 0 Å². The van der Waals surface area contributed by atoms with Crippen LogP contribution in [0.1, 0.15) is 33.4 Å². The monoisotopic (exact) mass is 442 g/mol. The molecule has 0 aliphatic rings. The molecular weight excluding hydrogens is 408 g/mol. The molecule has 0 aliphatic heterocycles. The molecule has 0 aliphatic carbocycles. The number of nitrogens with two attached hydrogens (primary N) is 2. The van der Waals surface area contributed by atoms with Gasteiger partial charge in [-0.1, -0.05) is 0 Å². The first-order valence-electron chi connectivity index (χ1n) is 10.6. The van der Waals surface area contributed by atoms with Crippen LogP contribution in [0.15, 0.2) is 24.3 Å². The first-order chi connectivity index (χ1) is 15.0. The summed E-state index contributed by atoms with van der Waals surface area (Å²) in [5.74, 6) is -0.255. The van der Waals surface area contributed by atoms with Gasteiger partial charge in [0.05, 0.1) is 12.1 Å². The van der Waals surface area contributed by atoms with Crippen LogP contribution < -0.4 is 22.1 Å². The van der Waals surface area contributed by atoms with E-state index in [1.807, 2.05) is 27.7 Å². The number of phenols is 2. The van der Waals surface area contributed by atoms with E-state index in [1.54, 1.807) is 24.3 Å². The third-order valence-electron chi connectivity index (χ3n) is 5.61. The summed E-state index contributed by atoms with van der Waals surface area (Å²) >= 11 is 0. The zero-order valence-electron chi connectivity index (χ0n) is 19.2. The van der Waals surface area contributed by atoms with E-state index >= 15 is 0 Å².